The van der Waals surface area contributed by atoms with Gasteiger partial charge in [0.25, 0.3) is 0 Å². The van der Waals surface area contributed by atoms with Gasteiger partial charge in [0.1, 0.15) is 0 Å². The Hall–Kier alpha value is 1.52. The third-order valence-electron chi connectivity index (χ3n) is 0. The summed E-state index contributed by atoms with van der Waals surface area (Å²) in [4.78, 5) is 0. The van der Waals surface area contributed by atoms with Gasteiger partial charge in [0.05, 0.1) is 0 Å². The molecule has 4 heavy (non-hydrogen) atoms. The van der Waals surface area contributed by atoms with Crippen molar-refractivity contribution in [2.75, 3.05) is 0 Å². The van der Waals surface area contributed by atoms with Crippen LogP contribution in [0.4, 0.5) is 0 Å². The van der Waals surface area contributed by atoms with Crippen LogP contribution >= 0.6 is 0 Å². The average Bonchev–Trinajstić information content (AvgIpc) is 0. The van der Waals surface area contributed by atoms with Crippen LogP contribution < -0.4 is 0 Å². The Bertz CT molecular complexity index is 8.00. The van der Waals surface area contributed by atoms with Gasteiger partial charge in [0.15, 0.2) is 0 Å². The van der Waals surface area contributed by atoms with Gasteiger partial charge in [-0.25, -0.2) is 0 Å². The molecule has 0 saturated heterocycles. The van der Waals surface area contributed by atoms with Crippen molar-refractivity contribution in [1.29, 1.82) is 0 Å². The standard InChI is InChI=1S/C.Co.Si.Sn. The van der Waals surface area contributed by atoms with Gasteiger partial charge in [0, 0.05) is 59.1 Å². The fourth-order valence-electron chi connectivity index (χ4n) is 0. The van der Waals surface area contributed by atoms with E-state index in [2.05, 4.69) is 0 Å². The first kappa shape index (κ1) is 48.7. The second-order valence-corrected chi connectivity index (χ2v) is 0. The zero-order valence-electron chi connectivity index (χ0n) is 1.83. The molecule has 0 rings (SSSR count). The summed E-state index contributed by atoms with van der Waals surface area (Å²) in [6, 6.07) is 0. The van der Waals surface area contributed by atoms with Crippen molar-refractivity contribution in [3.8, 4) is 0 Å². The van der Waals surface area contributed by atoms with E-state index in [9.17, 15) is 0 Å². The monoisotopic (exact) mass is 219 g/mol. The summed E-state index contributed by atoms with van der Waals surface area (Å²) in [5.74, 6) is 0. The topological polar surface area (TPSA) is 0 Å². The molecule has 0 amide bonds. The molecule has 13 radical (unpaired) electrons. The van der Waals surface area contributed by atoms with Gasteiger partial charge in [-0.3, -0.25) is 0 Å². The molecule has 0 aromatic heterocycles. The maximum Gasteiger partial charge on any atom is 0 e. The second-order valence-electron chi connectivity index (χ2n) is 0. The summed E-state index contributed by atoms with van der Waals surface area (Å²) in [5, 5.41) is 0. The molecule has 3 heteroatoms. The fourth-order valence-corrected chi connectivity index (χ4v) is 0. The smallest absolute Gasteiger partial charge is 0 e. The van der Waals surface area contributed by atoms with Gasteiger partial charge in [-0.15, -0.1) is 0 Å². The maximum atomic E-state index is 0. The molecule has 0 aromatic rings. The first-order valence-electron chi connectivity index (χ1n) is 0. The molecule has 0 fully saturated rings. The molecule has 0 saturated carbocycles. The van der Waals surface area contributed by atoms with Crippen molar-refractivity contribution in [3.05, 3.63) is 7.43 Å². The van der Waals surface area contributed by atoms with Crippen LogP contribution in [0.25, 0.3) is 0 Å². The van der Waals surface area contributed by atoms with Crippen molar-refractivity contribution < 1.29 is 16.8 Å². The van der Waals surface area contributed by atoms with Crippen LogP contribution in [0.2, 0.25) is 0 Å². The van der Waals surface area contributed by atoms with Crippen LogP contribution in [-0.4, -0.2) is 34.9 Å². The van der Waals surface area contributed by atoms with E-state index >= 15 is 0 Å². The van der Waals surface area contributed by atoms with Crippen molar-refractivity contribution >= 4 is 34.9 Å². The predicted octanol–water partition coefficient (Wildman–Crippen LogP) is -0.683. The Morgan fingerprint density at radius 1 is 1.00 bits per heavy atom. The van der Waals surface area contributed by atoms with Crippen LogP contribution in [0.5, 0.6) is 0 Å². The van der Waals surface area contributed by atoms with Crippen molar-refractivity contribution in [2.45, 2.75) is 0 Å². The minimum Gasteiger partial charge on any atom is 0 e. The van der Waals surface area contributed by atoms with E-state index in [0.29, 0.717) is 0 Å². The van der Waals surface area contributed by atoms with Crippen LogP contribution in [0.1, 0.15) is 0 Å². The SMILES string of the molecule is [C].[Co].[Si].[Sn]. The van der Waals surface area contributed by atoms with E-state index in [1.807, 2.05) is 0 Å². The first-order chi connectivity index (χ1) is 0. The first-order valence-corrected chi connectivity index (χ1v) is 0. The summed E-state index contributed by atoms with van der Waals surface area (Å²) in [6.07, 6.45) is 0. The maximum absolute atomic E-state index is 0. The van der Waals surface area contributed by atoms with Gasteiger partial charge in [0.2, 0.25) is 0 Å². The molecule has 0 bridgehead atoms. The van der Waals surface area contributed by atoms with E-state index < -0.39 is 0 Å². The largest absolute Gasteiger partial charge is 0 e. The Kier molecular flexibility index (Phi) is 295. The van der Waals surface area contributed by atoms with Crippen molar-refractivity contribution in [3.63, 3.8) is 0 Å². The van der Waals surface area contributed by atoms with Crippen LogP contribution in [0.15, 0.2) is 0 Å². The van der Waals surface area contributed by atoms with E-state index in [1.54, 1.807) is 0 Å². The Balaban J connectivity index is 0. The summed E-state index contributed by atoms with van der Waals surface area (Å²) < 4.78 is 0. The molecule has 0 heterocycles. The van der Waals surface area contributed by atoms with E-state index in [-0.39, 0.29) is 59.1 Å². The van der Waals surface area contributed by atoms with Gasteiger partial charge >= 0.3 is 0 Å². The van der Waals surface area contributed by atoms with Crippen molar-refractivity contribution in [2.24, 2.45) is 0 Å². The molecule has 0 unspecified atom stereocenters. The summed E-state index contributed by atoms with van der Waals surface area (Å²) in [5.41, 5.74) is 0. The molecule has 0 aliphatic rings. The quantitative estimate of drug-likeness (QED) is 0.472. The van der Waals surface area contributed by atoms with Crippen LogP contribution in [0, 0.1) is 7.43 Å². The normalized spacial score (nSPS) is 0. The van der Waals surface area contributed by atoms with E-state index in [0.717, 1.165) is 0 Å². The number of rotatable bonds is 0. The molecule has 0 spiro atoms. The van der Waals surface area contributed by atoms with Gasteiger partial charge in [-0.2, -0.15) is 0 Å². The molecular formula is CCoSiSn. The average molecular weight is 218 g/mol. The minimum absolute atomic E-state index is 0. The molecule has 0 aliphatic heterocycles. The molecule has 0 aromatic carbocycles. The Morgan fingerprint density at radius 2 is 1.00 bits per heavy atom. The summed E-state index contributed by atoms with van der Waals surface area (Å²) >= 11 is 0. The molecule has 0 atom stereocenters. The molecule has 0 nitrogen and oxygen atoms in total. The van der Waals surface area contributed by atoms with E-state index in [1.165, 1.54) is 0 Å². The third-order valence-corrected chi connectivity index (χ3v) is 0. The third kappa shape index (κ3) is 9.67. The zero-order chi connectivity index (χ0) is 0. The van der Waals surface area contributed by atoms with E-state index in [4.69, 9.17) is 0 Å². The fraction of sp³-hybridized carbons (Fsp3) is 0. The minimum atomic E-state index is 0. The summed E-state index contributed by atoms with van der Waals surface area (Å²) in [7, 11) is 0. The second kappa shape index (κ2) is 24.2. The number of hydrogen-bond donors (Lipinski definition) is 0. The van der Waals surface area contributed by atoms with Gasteiger partial charge in [-0.1, -0.05) is 0 Å². The molecular weight excluding hydrogens is 218 g/mol. The van der Waals surface area contributed by atoms with Gasteiger partial charge < -0.3 is 0 Å². The Labute approximate surface area is 58.9 Å². The molecule has 0 aliphatic carbocycles. The molecule has 21 valence electrons. The van der Waals surface area contributed by atoms with Gasteiger partial charge in [-0.05, 0) is 0 Å². The van der Waals surface area contributed by atoms with Crippen LogP contribution in [-0.2, 0) is 16.8 Å². The number of hydrogen-bond acceptors (Lipinski definition) is 0. The summed E-state index contributed by atoms with van der Waals surface area (Å²) in [6.45, 7) is 0. The molecule has 0 N–H and O–H groups in total. The Morgan fingerprint density at radius 3 is 1.00 bits per heavy atom. The van der Waals surface area contributed by atoms with Crippen LogP contribution in [0.3, 0.4) is 0 Å². The predicted molar refractivity (Wildman–Crippen MR) is 14.8 cm³/mol. The zero-order valence-corrected chi connectivity index (χ0v) is 6.73. The van der Waals surface area contributed by atoms with Crippen molar-refractivity contribution in [1.82, 2.24) is 0 Å².